The Morgan fingerprint density at radius 1 is 1.39 bits per heavy atom. The number of nitrogens with zero attached hydrogens (tertiary/aromatic N) is 4. The molecule has 1 saturated heterocycles. The molecule has 2 aromatic heterocycles. The maximum atomic E-state index is 14.8. The highest BCUT2D eigenvalue weighted by atomic mass is 31.0. The fourth-order valence-electron chi connectivity index (χ4n) is 3.51. The van der Waals surface area contributed by atoms with E-state index in [0.717, 1.165) is 25.5 Å². The molecule has 2 aromatic rings. The molecule has 10 heteroatoms. The molecule has 4 atom stereocenters. The molecule has 0 radical (unpaired) electrons. The van der Waals surface area contributed by atoms with Crippen molar-refractivity contribution in [1.29, 1.82) is 0 Å². The Bertz CT molecular complexity index is 906. The van der Waals surface area contributed by atoms with Gasteiger partial charge in [-0.2, -0.15) is 0 Å². The van der Waals surface area contributed by atoms with Crippen LogP contribution in [0.15, 0.2) is 24.5 Å². The van der Waals surface area contributed by atoms with Gasteiger partial charge in [-0.15, -0.1) is 0 Å². The van der Waals surface area contributed by atoms with Crippen LogP contribution in [-0.2, 0) is 4.74 Å². The molecule has 0 aromatic carbocycles. The number of rotatable bonds is 3. The van der Waals surface area contributed by atoms with Crippen molar-refractivity contribution in [2.75, 3.05) is 29.9 Å². The van der Waals surface area contributed by atoms with Crippen LogP contribution in [0.3, 0.4) is 0 Å². The zero-order valence-corrected chi connectivity index (χ0v) is 16.8. The van der Waals surface area contributed by atoms with Crippen LogP contribution < -0.4 is 15.5 Å². The van der Waals surface area contributed by atoms with Crippen molar-refractivity contribution in [1.82, 2.24) is 20.3 Å². The number of fused-ring (bicyclic) bond motifs is 1. The predicted octanol–water partition coefficient (Wildman–Crippen LogP) is 2.50. The zero-order valence-electron chi connectivity index (χ0n) is 15.6. The Balaban J connectivity index is 1.78. The minimum atomic E-state index is -1.89. The van der Waals surface area contributed by atoms with Crippen LogP contribution in [0, 0.1) is 0 Å². The molecule has 0 bridgehead atoms. The number of hydrogen-bond acceptors (Lipinski definition) is 7. The zero-order chi connectivity index (χ0) is 19.9. The fourth-order valence-corrected chi connectivity index (χ4v) is 3.74. The van der Waals surface area contributed by atoms with Gasteiger partial charge in [-0.05, 0) is 26.0 Å². The van der Waals surface area contributed by atoms with E-state index in [1.807, 2.05) is 18.2 Å². The summed E-state index contributed by atoms with van der Waals surface area (Å²) < 4.78 is 20.0. The minimum absolute atomic E-state index is 0.237. The topological polar surface area (TPSA) is 92.3 Å². The average Bonchev–Trinajstić information content (AvgIpc) is 2.66. The molecule has 2 unspecified atom stereocenters. The van der Waals surface area contributed by atoms with Gasteiger partial charge in [-0.25, -0.2) is 24.1 Å². The van der Waals surface area contributed by atoms with Crippen LogP contribution in [0.1, 0.15) is 25.5 Å². The summed E-state index contributed by atoms with van der Waals surface area (Å²) in [5, 5.41) is 4.03. The molecule has 0 saturated carbocycles. The fraction of sp³-hybridized carbons (Fsp3) is 0.444. The first kappa shape index (κ1) is 19.0. The lowest BCUT2D eigenvalue weighted by atomic mass is 10.0. The first-order chi connectivity index (χ1) is 13.3. The standard InChI is InChI=1S/C18H22FN6O2P/c1-10-8-25(7-6-20-10)12-5-3-4-11(23-12)14-13-15(18(2,19)28)27-17(26)24-16(13)22-9-21-14/h3-5,9-10,15,20H,6-8,28H2,1-2H3,(H,21,22,24,26)/t10-,15+,18?/m0/s1. The van der Waals surface area contributed by atoms with Crippen molar-refractivity contribution in [3.63, 3.8) is 0 Å². The first-order valence-electron chi connectivity index (χ1n) is 9.09. The van der Waals surface area contributed by atoms with Crippen LogP contribution in [0.25, 0.3) is 11.4 Å². The highest BCUT2D eigenvalue weighted by Gasteiger charge is 2.42. The van der Waals surface area contributed by atoms with E-state index in [9.17, 15) is 9.18 Å². The molecular weight excluding hydrogens is 382 g/mol. The first-order valence-corrected chi connectivity index (χ1v) is 9.67. The Labute approximate surface area is 164 Å². The molecule has 28 heavy (non-hydrogen) atoms. The normalized spacial score (nSPS) is 24.0. The number of carbonyl (C=O) groups is 1. The number of hydrogen-bond donors (Lipinski definition) is 2. The van der Waals surface area contributed by atoms with Crippen molar-refractivity contribution < 1.29 is 13.9 Å². The largest absolute Gasteiger partial charge is 0.437 e. The lowest BCUT2D eigenvalue weighted by molar-refractivity contribution is 0.0386. The van der Waals surface area contributed by atoms with Crippen LogP contribution in [0.5, 0.6) is 0 Å². The second-order valence-corrected chi connectivity index (χ2v) is 8.36. The molecule has 0 spiro atoms. The predicted molar refractivity (Wildman–Crippen MR) is 107 cm³/mol. The van der Waals surface area contributed by atoms with Gasteiger partial charge in [0.1, 0.15) is 23.7 Å². The molecule has 2 aliphatic heterocycles. The summed E-state index contributed by atoms with van der Waals surface area (Å²) in [5.41, 5.74) is 1.38. The molecule has 4 rings (SSSR count). The van der Waals surface area contributed by atoms with E-state index in [2.05, 4.69) is 41.7 Å². The summed E-state index contributed by atoms with van der Waals surface area (Å²) >= 11 is 0. The molecule has 148 valence electrons. The summed E-state index contributed by atoms with van der Waals surface area (Å²) in [6.45, 7) is 6.02. The SMILES string of the molecule is C[C@H]1CN(c2cccc(-c3ncnc4c3[C@H](C(C)(F)P)OC(=O)N4)n2)CCN1. The summed E-state index contributed by atoms with van der Waals surface area (Å²) in [4.78, 5) is 27.2. The van der Waals surface area contributed by atoms with Crippen molar-refractivity contribution in [2.24, 2.45) is 0 Å². The maximum Gasteiger partial charge on any atom is 0.413 e. The lowest BCUT2D eigenvalue weighted by Crippen LogP contribution is -2.49. The molecule has 8 nitrogen and oxygen atoms in total. The number of piperazine rings is 1. The van der Waals surface area contributed by atoms with Gasteiger partial charge >= 0.3 is 6.09 Å². The number of aromatic nitrogens is 3. The number of cyclic esters (lactones) is 1. The number of alkyl halides is 1. The lowest BCUT2D eigenvalue weighted by Gasteiger charge is -2.33. The molecule has 0 aliphatic carbocycles. The quantitative estimate of drug-likeness (QED) is 0.760. The van der Waals surface area contributed by atoms with E-state index in [0.29, 0.717) is 23.0 Å². The summed E-state index contributed by atoms with van der Waals surface area (Å²) in [6, 6.07) is 6.01. The van der Waals surface area contributed by atoms with Gasteiger partial charge in [0, 0.05) is 25.7 Å². The smallest absolute Gasteiger partial charge is 0.413 e. The van der Waals surface area contributed by atoms with Crippen LogP contribution in [-0.4, -0.2) is 52.1 Å². The van der Waals surface area contributed by atoms with Gasteiger partial charge in [0.05, 0.1) is 11.3 Å². The highest BCUT2D eigenvalue weighted by molar-refractivity contribution is 7.18. The van der Waals surface area contributed by atoms with E-state index >= 15 is 0 Å². The second kappa shape index (κ2) is 7.22. The molecule has 4 heterocycles. The third kappa shape index (κ3) is 3.64. The Morgan fingerprint density at radius 3 is 2.96 bits per heavy atom. The second-order valence-electron chi connectivity index (χ2n) is 7.23. The van der Waals surface area contributed by atoms with E-state index in [4.69, 9.17) is 9.72 Å². The summed E-state index contributed by atoms with van der Waals surface area (Å²) in [5.74, 6) is 1.06. The number of halogens is 1. The van der Waals surface area contributed by atoms with Gasteiger partial charge in [-0.3, -0.25) is 5.32 Å². The summed E-state index contributed by atoms with van der Waals surface area (Å²) in [6.07, 6.45) is -0.580. The molecule has 2 aliphatic rings. The Kier molecular flexibility index (Phi) is 4.89. The van der Waals surface area contributed by atoms with Gasteiger partial charge < -0.3 is 15.0 Å². The number of pyridine rings is 1. The third-order valence-corrected chi connectivity index (χ3v) is 5.08. The van der Waals surface area contributed by atoms with E-state index in [-0.39, 0.29) is 5.82 Å². The highest BCUT2D eigenvalue weighted by Crippen LogP contribution is 2.45. The molecule has 1 amide bonds. The third-order valence-electron chi connectivity index (χ3n) is 4.77. The van der Waals surface area contributed by atoms with E-state index < -0.39 is 17.6 Å². The minimum Gasteiger partial charge on any atom is -0.437 e. The van der Waals surface area contributed by atoms with Crippen molar-refractivity contribution in [2.45, 2.75) is 31.4 Å². The van der Waals surface area contributed by atoms with Crippen molar-refractivity contribution in [3.8, 4) is 11.4 Å². The van der Waals surface area contributed by atoms with Crippen LogP contribution in [0.2, 0.25) is 0 Å². The summed E-state index contributed by atoms with van der Waals surface area (Å²) in [7, 11) is 2.08. The molecule has 2 N–H and O–H groups in total. The van der Waals surface area contributed by atoms with Crippen molar-refractivity contribution >= 4 is 27.0 Å². The molecule has 1 fully saturated rings. The maximum absolute atomic E-state index is 14.8. The van der Waals surface area contributed by atoms with E-state index in [1.54, 1.807) is 0 Å². The van der Waals surface area contributed by atoms with Crippen LogP contribution in [0.4, 0.5) is 20.8 Å². The molecular formula is C18H22FN6O2P. The van der Waals surface area contributed by atoms with Crippen molar-refractivity contribution in [3.05, 3.63) is 30.1 Å². The number of ether oxygens (including phenoxy) is 1. The van der Waals surface area contributed by atoms with Gasteiger partial charge in [0.2, 0.25) is 0 Å². The average molecular weight is 404 g/mol. The number of carbonyl (C=O) groups excluding carboxylic acids is 1. The van der Waals surface area contributed by atoms with Gasteiger partial charge in [0.15, 0.2) is 11.5 Å². The van der Waals surface area contributed by atoms with Gasteiger partial charge in [0.25, 0.3) is 0 Å². The number of amides is 1. The Morgan fingerprint density at radius 2 is 2.21 bits per heavy atom. The van der Waals surface area contributed by atoms with E-state index in [1.165, 1.54) is 13.3 Å². The van der Waals surface area contributed by atoms with Gasteiger partial charge in [-0.1, -0.05) is 15.3 Å². The van der Waals surface area contributed by atoms with Crippen LogP contribution >= 0.6 is 9.24 Å². The number of anilines is 2. The monoisotopic (exact) mass is 404 g/mol. The Hall–Kier alpha value is -2.38. The number of nitrogens with one attached hydrogen (secondary N) is 2.